The molecular formula is C20H42O4S. The van der Waals surface area contributed by atoms with Crippen molar-refractivity contribution in [3.05, 3.63) is 0 Å². The van der Waals surface area contributed by atoms with Gasteiger partial charge in [-0.1, -0.05) is 110 Å². The van der Waals surface area contributed by atoms with Crippen LogP contribution in [0.1, 0.15) is 123 Å². The lowest BCUT2D eigenvalue weighted by Crippen LogP contribution is -2.18. The van der Waals surface area contributed by atoms with E-state index in [4.69, 9.17) is 8.74 Å². The fourth-order valence-corrected chi connectivity index (χ4v) is 3.78. The highest BCUT2D eigenvalue weighted by atomic mass is 32.3. The fraction of sp³-hybridized carbons (Fsp3) is 1.00. The predicted molar refractivity (Wildman–Crippen MR) is 106 cm³/mol. The molecule has 0 rings (SSSR count). The molecule has 0 aromatic carbocycles. The smallest absolute Gasteiger partial charge is 0.264 e. The molecule has 1 unspecified atom stereocenters. The molecule has 0 aliphatic rings. The quantitative estimate of drug-likeness (QED) is 0.197. The van der Waals surface area contributed by atoms with Crippen LogP contribution in [0.15, 0.2) is 0 Å². The van der Waals surface area contributed by atoms with Gasteiger partial charge in [-0.25, -0.2) is 4.18 Å². The second kappa shape index (κ2) is 17.3. The van der Waals surface area contributed by atoms with Gasteiger partial charge in [0.05, 0.1) is 6.10 Å². The molecule has 0 saturated carbocycles. The molecule has 0 saturated heterocycles. The molecular weight excluding hydrogens is 336 g/mol. The van der Waals surface area contributed by atoms with Crippen molar-refractivity contribution in [2.75, 3.05) is 0 Å². The van der Waals surface area contributed by atoms with Gasteiger partial charge < -0.3 is 0 Å². The highest BCUT2D eigenvalue weighted by Gasteiger charge is 2.16. The minimum atomic E-state index is -4.34. The maximum atomic E-state index is 11.0. The van der Waals surface area contributed by atoms with E-state index in [2.05, 4.69) is 13.8 Å². The van der Waals surface area contributed by atoms with Gasteiger partial charge in [-0.3, -0.25) is 4.55 Å². The third kappa shape index (κ3) is 20.0. The molecule has 0 bridgehead atoms. The lowest BCUT2D eigenvalue weighted by Gasteiger charge is -2.15. The first-order chi connectivity index (χ1) is 12.0. The minimum Gasteiger partial charge on any atom is -0.264 e. The Hall–Kier alpha value is -0.130. The molecule has 1 N–H and O–H groups in total. The Labute approximate surface area is 157 Å². The van der Waals surface area contributed by atoms with Gasteiger partial charge in [-0.15, -0.1) is 0 Å². The SMILES string of the molecule is CCCCCCCCCCC(CCCCCCCCC)OS(=O)(=O)O. The van der Waals surface area contributed by atoms with Crippen LogP contribution in [0.5, 0.6) is 0 Å². The van der Waals surface area contributed by atoms with E-state index < -0.39 is 10.4 Å². The number of hydrogen-bond donors (Lipinski definition) is 1. The van der Waals surface area contributed by atoms with E-state index in [0.717, 1.165) is 38.5 Å². The third-order valence-electron chi connectivity index (χ3n) is 4.77. The number of rotatable bonds is 19. The highest BCUT2D eigenvalue weighted by Crippen LogP contribution is 2.18. The second-order valence-corrected chi connectivity index (χ2v) is 8.37. The third-order valence-corrected chi connectivity index (χ3v) is 5.28. The van der Waals surface area contributed by atoms with E-state index in [1.807, 2.05) is 0 Å². The zero-order valence-electron chi connectivity index (χ0n) is 16.7. The van der Waals surface area contributed by atoms with Crippen LogP contribution in [0.3, 0.4) is 0 Å². The lowest BCUT2D eigenvalue weighted by atomic mass is 10.0. The number of hydrogen-bond acceptors (Lipinski definition) is 3. The molecule has 0 radical (unpaired) electrons. The summed E-state index contributed by atoms with van der Waals surface area (Å²) in [5.74, 6) is 0. The first kappa shape index (κ1) is 24.9. The van der Waals surface area contributed by atoms with Crippen LogP contribution in [-0.2, 0) is 14.6 Å². The normalized spacial score (nSPS) is 13.2. The zero-order chi connectivity index (χ0) is 18.8. The van der Waals surface area contributed by atoms with Crippen LogP contribution in [0.4, 0.5) is 0 Å². The van der Waals surface area contributed by atoms with Crippen molar-refractivity contribution < 1.29 is 17.2 Å². The summed E-state index contributed by atoms with van der Waals surface area (Å²) in [5.41, 5.74) is 0. The van der Waals surface area contributed by atoms with E-state index in [1.165, 1.54) is 70.6 Å². The van der Waals surface area contributed by atoms with E-state index in [1.54, 1.807) is 0 Å². The standard InChI is InChI=1S/C20H42O4S/c1-3-5-7-9-11-13-15-17-19-20(24-25(21,22)23)18-16-14-12-10-8-6-4-2/h20H,3-19H2,1-2H3,(H,21,22,23). The van der Waals surface area contributed by atoms with Crippen molar-refractivity contribution >= 4 is 10.4 Å². The fourth-order valence-electron chi connectivity index (χ4n) is 3.25. The largest absolute Gasteiger partial charge is 0.397 e. The molecule has 0 amide bonds. The van der Waals surface area contributed by atoms with Gasteiger partial charge in [0.2, 0.25) is 0 Å². The summed E-state index contributed by atoms with van der Waals surface area (Å²) in [6.45, 7) is 4.43. The average molecular weight is 379 g/mol. The summed E-state index contributed by atoms with van der Waals surface area (Å²) < 4.78 is 35.9. The van der Waals surface area contributed by atoms with Crippen LogP contribution >= 0.6 is 0 Å². The van der Waals surface area contributed by atoms with Crippen molar-refractivity contribution in [1.29, 1.82) is 0 Å². The van der Waals surface area contributed by atoms with Crippen LogP contribution in [0, 0.1) is 0 Å². The molecule has 0 aromatic heterocycles. The summed E-state index contributed by atoms with van der Waals surface area (Å²) in [4.78, 5) is 0. The molecule has 4 nitrogen and oxygen atoms in total. The van der Waals surface area contributed by atoms with Crippen molar-refractivity contribution in [1.82, 2.24) is 0 Å². The van der Waals surface area contributed by atoms with Gasteiger partial charge in [0, 0.05) is 0 Å². The Morgan fingerprint density at radius 2 is 0.960 bits per heavy atom. The number of unbranched alkanes of at least 4 members (excludes halogenated alkanes) is 13. The Bertz CT molecular complexity index is 368. The van der Waals surface area contributed by atoms with Crippen molar-refractivity contribution in [3.63, 3.8) is 0 Å². The first-order valence-electron chi connectivity index (χ1n) is 10.6. The monoisotopic (exact) mass is 378 g/mol. The molecule has 1 atom stereocenters. The summed E-state index contributed by atoms with van der Waals surface area (Å²) in [7, 11) is -4.34. The summed E-state index contributed by atoms with van der Waals surface area (Å²) in [6.07, 6.45) is 19.3. The zero-order valence-corrected chi connectivity index (χ0v) is 17.5. The Kier molecular flexibility index (Phi) is 17.2. The summed E-state index contributed by atoms with van der Waals surface area (Å²) >= 11 is 0. The van der Waals surface area contributed by atoms with Gasteiger partial charge in [0.25, 0.3) is 0 Å². The molecule has 0 aliphatic carbocycles. The molecule has 25 heavy (non-hydrogen) atoms. The molecule has 0 fully saturated rings. The maximum absolute atomic E-state index is 11.0. The molecule has 0 heterocycles. The molecule has 0 aromatic rings. The van der Waals surface area contributed by atoms with Crippen molar-refractivity contribution in [3.8, 4) is 0 Å². The highest BCUT2D eigenvalue weighted by molar-refractivity contribution is 7.80. The second-order valence-electron chi connectivity index (χ2n) is 7.32. The Morgan fingerprint density at radius 1 is 0.640 bits per heavy atom. The first-order valence-corrected chi connectivity index (χ1v) is 12.0. The van der Waals surface area contributed by atoms with Crippen LogP contribution in [-0.4, -0.2) is 19.1 Å². The molecule has 0 aliphatic heterocycles. The van der Waals surface area contributed by atoms with E-state index in [0.29, 0.717) is 0 Å². The molecule has 0 spiro atoms. The minimum absolute atomic E-state index is 0.356. The summed E-state index contributed by atoms with van der Waals surface area (Å²) in [5, 5.41) is 0. The van der Waals surface area contributed by atoms with E-state index >= 15 is 0 Å². The average Bonchev–Trinajstić information content (AvgIpc) is 2.54. The molecule has 5 heteroatoms. The van der Waals surface area contributed by atoms with Gasteiger partial charge in [-0.05, 0) is 12.8 Å². The Balaban J connectivity index is 3.79. The molecule has 152 valence electrons. The van der Waals surface area contributed by atoms with Crippen LogP contribution in [0.2, 0.25) is 0 Å². The van der Waals surface area contributed by atoms with Crippen LogP contribution < -0.4 is 0 Å². The van der Waals surface area contributed by atoms with Crippen molar-refractivity contribution in [2.24, 2.45) is 0 Å². The predicted octanol–water partition coefficient (Wildman–Crippen LogP) is 6.85. The van der Waals surface area contributed by atoms with Gasteiger partial charge in [-0.2, -0.15) is 8.42 Å². The van der Waals surface area contributed by atoms with E-state index in [-0.39, 0.29) is 6.10 Å². The van der Waals surface area contributed by atoms with E-state index in [9.17, 15) is 8.42 Å². The van der Waals surface area contributed by atoms with Crippen LogP contribution in [0.25, 0.3) is 0 Å². The summed E-state index contributed by atoms with van der Waals surface area (Å²) in [6, 6.07) is 0. The maximum Gasteiger partial charge on any atom is 0.397 e. The van der Waals surface area contributed by atoms with Gasteiger partial charge >= 0.3 is 10.4 Å². The lowest BCUT2D eigenvalue weighted by molar-refractivity contribution is 0.157. The van der Waals surface area contributed by atoms with Gasteiger partial charge in [0.15, 0.2) is 0 Å². The van der Waals surface area contributed by atoms with Gasteiger partial charge in [0.1, 0.15) is 0 Å². The topological polar surface area (TPSA) is 63.6 Å². The Morgan fingerprint density at radius 3 is 1.28 bits per heavy atom. The van der Waals surface area contributed by atoms with Crippen molar-refractivity contribution in [2.45, 2.75) is 129 Å².